The lowest BCUT2D eigenvalue weighted by Gasteiger charge is -2.22. The summed E-state index contributed by atoms with van der Waals surface area (Å²) in [4.78, 5) is 0.225. The fourth-order valence-electron chi connectivity index (χ4n) is 2.22. The molecule has 0 aliphatic heterocycles. The molecule has 2 N–H and O–H groups in total. The predicted molar refractivity (Wildman–Crippen MR) is 84.6 cm³/mol. The first-order valence-electron chi connectivity index (χ1n) is 7.10. The number of aliphatic hydroxyl groups is 1. The molecule has 2 atom stereocenters. The lowest BCUT2D eigenvalue weighted by molar-refractivity contribution is 0.219. The van der Waals surface area contributed by atoms with E-state index in [2.05, 4.69) is 4.72 Å². The number of hydrogen-bond donors (Lipinski definition) is 2. The molecule has 21 heavy (non-hydrogen) atoms. The van der Waals surface area contributed by atoms with E-state index < -0.39 is 16.1 Å². The number of rotatable bonds is 6. The highest BCUT2D eigenvalue weighted by Gasteiger charge is 2.23. The van der Waals surface area contributed by atoms with Crippen LogP contribution < -0.4 is 4.72 Å². The summed E-state index contributed by atoms with van der Waals surface area (Å²) in [6, 6.07) is 12.2. The van der Waals surface area contributed by atoms with Crippen molar-refractivity contribution in [1.82, 2.24) is 4.72 Å². The van der Waals surface area contributed by atoms with E-state index in [4.69, 9.17) is 0 Å². The van der Waals surface area contributed by atoms with Gasteiger partial charge in [0, 0.05) is 6.04 Å². The van der Waals surface area contributed by atoms with Gasteiger partial charge in [0.1, 0.15) is 0 Å². The highest BCUT2D eigenvalue weighted by molar-refractivity contribution is 7.89. The summed E-state index contributed by atoms with van der Waals surface area (Å²) in [7, 11) is -3.63. The zero-order valence-corrected chi connectivity index (χ0v) is 13.1. The molecule has 114 valence electrons. The molecule has 0 aliphatic carbocycles. The molecule has 2 aromatic rings. The quantitative estimate of drug-likeness (QED) is 0.862. The molecule has 0 aromatic heterocycles. The topological polar surface area (TPSA) is 66.4 Å². The van der Waals surface area contributed by atoms with E-state index in [1.807, 2.05) is 38.1 Å². The van der Waals surface area contributed by atoms with Crippen molar-refractivity contribution in [3.05, 3.63) is 42.5 Å². The fourth-order valence-corrected chi connectivity index (χ4v) is 3.59. The van der Waals surface area contributed by atoms with Gasteiger partial charge in [0.05, 0.1) is 11.5 Å². The number of aliphatic hydroxyl groups excluding tert-OH is 1. The second kappa shape index (κ2) is 6.56. The van der Waals surface area contributed by atoms with Crippen LogP contribution in [0, 0.1) is 5.92 Å². The molecule has 0 radical (unpaired) electrons. The molecule has 0 bridgehead atoms. The second-order valence-electron chi connectivity index (χ2n) is 5.30. The lowest BCUT2D eigenvalue weighted by Crippen LogP contribution is -2.41. The van der Waals surface area contributed by atoms with Gasteiger partial charge in [-0.3, -0.25) is 0 Å². The number of benzene rings is 2. The van der Waals surface area contributed by atoms with Crippen LogP contribution in [0.1, 0.15) is 20.3 Å². The molecule has 2 aromatic carbocycles. The average molecular weight is 307 g/mol. The molecule has 0 saturated heterocycles. The fraction of sp³-hybridized carbons (Fsp3) is 0.375. The van der Waals surface area contributed by atoms with Gasteiger partial charge in [-0.2, -0.15) is 0 Å². The molecule has 0 saturated carbocycles. The van der Waals surface area contributed by atoms with Crippen LogP contribution in [0.2, 0.25) is 0 Å². The van der Waals surface area contributed by atoms with Crippen LogP contribution >= 0.6 is 0 Å². The summed E-state index contributed by atoms with van der Waals surface area (Å²) in [5.41, 5.74) is 0. The Morgan fingerprint density at radius 2 is 1.81 bits per heavy atom. The van der Waals surface area contributed by atoms with Crippen LogP contribution in [0.25, 0.3) is 10.8 Å². The minimum absolute atomic E-state index is 0.0743. The highest BCUT2D eigenvalue weighted by Crippen LogP contribution is 2.20. The van der Waals surface area contributed by atoms with E-state index in [1.165, 1.54) is 0 Å². The zero-order chi connectivity index (χ0) is 15.5. The van der Waals surface area contributed by atoms with E-state index in [-0.39, 0.29) is 17.4 Å². The van der Waals surface area contributed by atoms with Crippen LogP contribution in [0.3, 0.4) is 0 Å². The molecule has 2 rings (SSSR count). The number of sulfonamides is 1. The first-order valence-corrected chi connectivity index (χ1v) is 8.58. The van der Waals surface area contributed by atoms with E-state index in [9.17, 15) is 13.5 Å². The molecule has 0 amide bonds. The SMILES string of the molecule is CC[C@H](C)[C@@H](CO)NS(=O)(=O)c1ccc2ccccc2c1. The second-order valence-corrected chi connectivity index (χ2v) is 7.02. The minimum Gasteiger partial charge on any atom is -0.395 e. The predicted octanol–water partition coefficient (Wildman–Crippen LogP) is 2.53. The molecule has 0 spiro atoms. The number of nitrogens with one attached hydrogen (secondary N) is 1. The first kappa shape index (κ1) is 15.9. The van der Waals surface area contributed by atoms with Gasteiger partial charge in [-0.25, -0.2) is 13.1 Å². The maximum atomic E-state index is 12.4. The molecule has 4 nitrogen and oxygen atoms in total. The molecule has 5 heteroatoms. The van der Waals surface area contributed by atoms with E-state index in [1.54, 1.807) is 18.2 Å². The summed E-state index contributed by atoms with van der Waals surface area (Å²) in [5.74, 6) is 0.0743. The van der Waals surface area contributed by atoms with E-state index >= 15 is 0 Å². The Hall–Kier alpha value is -1.43. The van der Waals surface area contributed by atoms with Crippen LogP contribution in [0.5, 0.6) is 0 Å². The third-order valence-corrected chi connectivity index (χ3v) is 5.35. The van der Waals surface area contributed by atoms with Gasteiger partial charge in [0.2, 0.25) is 10.0 Å². The van der Waals surface area contributed by atoms with Crippen molar-refractivity contribution < 1.29 is 13.5 Å². The van der Waals surface area contributed by atoms with E-state index in [0.717, 1.165) is 17.2 Å². The van der Waals surface area contributed by atoms with Crippen molar-refractivity contribution in [1.29, 1.82) is 0 Å². The van der Waals surface area contributed by atoms with Crippen LogP contribution in [-0.2, 0) is 10.0 Å². The van der Waals surface area contributed by atoms with Crippen molar-refractivity contribution in [2.24, 2.45) is 5.92 Å². The van der Waals surface area contributed by atoms with Gasteiger partial charge in [0.25, 0.3) is 0 Å². The minimum atomic E-state index is -3.63. The van der Waals surface area contributed by atoms with Crippen LogP contribution in [-0.4, -0.2) is 26.2 Å². The van der Waals surface area contributed by atoms with Gasteiger partial charge in [-0.15, -0.1) is 0 Å². The van der Waals surface area contributed by atoms with Gasteiger partial charge < -0.3 is 5.11 Å². The summed E-state index contributed by atoms with van der Waals surface area (Å²) < 4.78 is 27.5. The average Bonchev–Trinajstić information content (AvgIpc) is 2.51. The maximum absolute atomic E-state index is 12.4. The first-order chi connectivity index (χ1) is 9.97. The Kier molecular flexibility index (Phi) is 4.98. The summed E-state index contributed by atoms with van der Waals surface area (Å²) in [6.45, 7) is 3.68. The number of hydrogen-bond acceptors (Lipinski definition) is 3. The Morgan fingerprint density at radius 1 is 1.14 bits per heavy atom. The molecule has 0 heterocycles. The van der Waals surface area contributed by atoms with Crippen molar-refractivity contribution in [2.75, 3.05) is 6.61 Å². The van der Waals surface area contributed by atoms with Crippen molar-refractivity contribution in [3.63, 3.8) is 0 Å². The molecule has 0 aliphatic rings. The molecular formula is C16H21NO3S. The van der Waals surface area contributed by atoms with Gasteiger partial charge >= 0.3 is 0 Å². The lowest BCUT2D eigenvalue weighted by atomic mass is 10.0. The van der Waals surface area contributed by atoms with Crippen LogP contribution in [0.4, 0.5) is 0 Å². The number of fused-ring (bicyclic) bond motifs is 1. The Morgan fingerprint density at radius 3 is 2.43 bits per heavy atom. The van der Waals surface area contributed by atoms with Gasteiger partial charge in [0.15, 0.2) is 0 Å². The third-order valence-electron chi connectivity index (χ3n) is 3.87. The Labute approximate surface area is 125 Å². The van der Waals surface area contributed by atoms with Crippen LogP contribution in [0.15, 0.2) is 47.4 Å². The molecular weight excluding hydrogens is 286 g/mol. The summed E-state index contributed by atoms with van der Waals surface area (Å²) in [5, 5.41) is 11.3. The standard InChI is InChI=1S/C16H21NO3S/c1-3-12(2)16(11-18)17-21(19,20)15-9-8-13-6-4-5-7-14(13)10-15/h4-10,12,16-18H,3,11H2,1-2H3/t12-,16+/m0/s1. The van der Waals surface area contributed by atoms with Gasteiger partial charge in [-0.05, 0) is 28.8 Å². The molecule has 0 unspecified atom stereocenters. The normalized spacial score (nSPS) is 15.0. The Bertz CT molecular complexity index is 712. The van der Waals surface area contributed by atoms with E-state index in [0.29, 0.717) is 0 Å². The monoisotopic (exact) mass is 307 g/mol. The van der Waals surface area contributed by atoms with Crippen molar-refractivity contribution in [2.45, 2.75) is 31.2 Å². The summed E-state index contributed by atoms with van der Waals surface area (Å²) >= 11 is 0. The largest absolute Gasteiger partial charge is 0.395 e. The van der Waals surface area contributed by atoms with Gasteiger partial charge in [-0.1, -0.05) is 50.6 Å². The summed E-state index contributed by atoms with van der Waals surface area (Å²) in [6.07, 6.45) is 0.797. The smallest absolute Gasteiger partial charge is 0.240 e. The van der Waals surface area contributed by atoms with Crippen molar-refractivity contribution >= 4 is 20.8 Å². The highest BCUT2D eigenvalue weighted by atomic mass is 32.2. The Balaban J connectivity index is 2.32. The third kappa shape index (κ3) is 3.61. The van der Waals surface area contributed by atoms with Crippen molar-refractivity contribution in [3.8, 4) is 0 Å². The molecule has 0 fully saturated rings. The zero-order valence-electron chi connectivity index (χ0n) is 12.3. The maximum Gasteiger partial charge on any atom is 0.240 e.